The smallest absolute Gasteiger partial charge is 0.338 e. The molecule has 0 radical (unpaired) electrons. The number of hydrogen-bond acceptors (Lipinski definition) is 12. The molecule has 0 amide bonds. The molecule has 0 spiro atoms. The van der Waals surface area contributed by atoms with Gasteiger partial charge in [-0.1, -0.05) is 116 Å². The van der Waals surface area contributed by atoms with Crippen LogP contribution < -0.4 is 4.74 Å². The van der Waals surface area contributed by atoms with Crippen molar-refractivity contribution < 1.29 is 57.1 Å². The Morgan fingerprint density at radius 1 is 0.538 bits per heavy atom. The van der Waals surface area contributed by atoms with Gasteiger partial charge in [-0.25, -0.2) is 19.2 Å². The van der Waals surface area contributed by atoms with Gasteiger partial charge in [0.15, 0.2) is 12.2 Å². The second-order valence-electron chi connectivity index (χ2n) is 15.3. The van der Waals surface area contributed by atoms with E-state index in [1.54, 1.807) is 140 Å². The molecule has 1 aliphatic rings. The second-order valence-corrected chi connectivity index (χ2v) is 15.3. The third kappa shape index (κ3) is 11.9. The van der Waals surface area contributed by atoms with Gasteiger partial charge in [-0.15, -0.1) is 0 Å². The van der Waals surface area contributed by atoms with Crippen LogP contribution in [0.2, 0.25) is 0 Å². The monoisotopic (exact) mass is 876 g/mol. The Morgan fingerprint density at radius 3 is 1.48 bits per heavy atom. The molecular formula is C53H48O12. The van der Waals surface area contributed by atoms with Crippen LogP contribution in [-0.2, 0) is 52.7 Å². The summed E-state index contributed by atoms with van der Waals surface area (Å²) in [4.78, 5) is 67.9. The normalized spacial score (nSPS) is 18.3. The maximum absolute atomic E-state index is 14.2. The molecule has 6 atom stereocenters. The van der Waals surface area contributed by atoms with E-state index in [-0.39, 0.29) is 34.6 Å². The van der Waals surface area contributed by atoms with Gasteiger partial charge in [0.25, 0.3) is 0 Å². The third-order valence-corrected chi connectivity index (χ3v) is 10.7. The van der Waals surface area contributed by atoms with Crippen molar-refractivity contribution >= 4 is 29.8 Å². The van der Waals surface area contributed by atoms with Crippen LogP contribution in [0.15, 0.2) is 164 Å². The molecule has 7 rings (SSSR count). The Balaban J connectivity index is 1.36. The molecule has 0 saturated carbocycles. The molecular weight excluding hydrogens is 829 g/mol. The lowest BCUT2D eigenvalue weighted by Crippen LogP contribution is -2.65. The molecule has 0 bridgehead atoms. The summed E-state index contributed by atoms with van der Waals surface area (Å²) in [5, 5.41) is 0. The Hall–Kier alpha value is -7.57. The quantitative estimate of drug-likeness (QED) is 0.0675. The van der Waals surface area contributed by atoms with E-state index in [9.17, 15) is 24.0 Å². The molecule has 6 aromatic carbocycles. The van der Waals surface area contributed by atoms with E-state index in [4.69, 9.17) is 33.2 Å². The van der Waals surface area contributed by atoms with Crippen molar-refractivity contribution in [2.45, 2.75) is 77.0 Å². The minimum Gasteiger partial charge on any atom is -0.461 e. The zero-order chi connectivity index (χ0) is 45.7. The number of esters is 5. The van der Waals surface area contributed by atoms with E-state index in [1.165, 1.54) is 6.92 Å². The van der Waals surface area contributed by atoms with Gasteiger partial charge < -0.3 is 33.2 Å². The van der Waals surface area contributed by atoms with Gasteiger partial charge in [0.1, 0.15) is 24.6 Å². The number of ether oxygens (including phenoxy) is 7. The Morgan fingerprint density at radius 2 is 0.985 bits per heavy atom. The highest BCUT2D eigenvalue weighted by molar-refractivity contribution is 5.91. The molecule has 0 aromatic heterocycles. The van der Waals surface area contributed by atoms with Gasteiger partial charge in [-0.3, -0.25) is 4.79 Å². The fourth-order valence-electron chi connectivity index (χ4n) is 7.25. The van der Waals surface area contributed by atoms with E-state index in [1.807, 2.05) is 30.3 Å². The minimum atomic E-state index is -1.64. The molecule has 12 heteroatoms. The summed E-state index contributed by atoms with van der Waals surface area (Å²) < 4.78 is 43.7. The lowest BCUT2D eigenvalue weighted by atomic mass is 9.94. The van der Waals surface area contributed by atoms with Crippen LogP contribution in [0.1, 0.15) is 84.5 Å². The molecule has 1 heterocycles. The average Bonchev–Trinajstić information content (AvgIpc) is 3.34. The highest BCUT2D eigenvalue weighted by Gasteiger charge is 2.56. The van der Waals surface area contributed by atoms with Crippen LogP contribution >= 0.6 is 0 Å². The molecule has 332 valence electrons. The summed E-state index contributed by atoms with van der Waals surface area (Å²) in [7, 11) is 0. The summed E-state index contributed by atoms with van der Waals surface area (Å²) in [6, 6.07) is 46.1. The number of carbonyl (C=O) groups is 5. The molecule has 65 heavy (non-hydrogen) atoms. The number of aryl methyl sites for hydroxylation is 1. The van der Waals surface area contributed by atoms with Crippen LogP contribution in [0.25, 0.3) is 0 Å². The largest absolute Gasteiger partial charge is 0.461 e. The average molecular weight is 877 g/mol. The third-order valence-electron chi connectivity index (χ3n) is 10.7. The summed E-state index contributed by atoms with van der Waals surface area (Å²) in [5.74, 6) is -3.45. The van der Waals surface area contributed by atoms with Crippen molar-refractivity contribution in [1.82, 2.24) is 0 Å². The molecule has 6 aromatic rings. The molecule has 1 fully saturated rings. The molecule has 0 unspecified atom stereocenters. The second kappa shape index (κ2) is 21.7. The first-order chi connectivity index (χ1) is 31.6. The predicted molar refractivity (Wildman–Crippen MR) is 238 cm³/mol. The summed E-state index contributed by atoms with van der Waals surface area (Å²) >= 11 is 0. The van der Waals surface area contributed by atoms with Crippen molar-refractivity contribution in [3.05, 3.63) is 208 Å². The fraction of sp³-hybridized carbons (Fsp3) is 0.226. The summed E-state index contributed by atoms with van der Waals surface area (Å²) in [6.07, 6.45) is -7.84. The topological polar surface area (TPSA) is 150 Å². The first-order valence-corrected chi connectivity index (χ1v) is 21.3. The first-order valence-electron chi connectivity index (χ1n) is 21.3. The van der Waals surface area contributed by atoms with Gasteiger partial charge in [0.05, 0.1) is 22.3 Å². The number of rotatable bonds is 16. The van der Waals surface area contributed by atoms with Crippen molar-refractivity contribution in [2.75, 3.05) is 0 Å². The first kappa shape index (κ1) is 45.5. The number of carbonyl (C=O) groups excluding carboxylic acids is 5. The van der Waals surface area contributed by atoms with Gasteiger partial charge in [0, 0.05) is 13.3 Å². The fourth-order valence-corrected chi connectivity index (χ4v) is 7.25. The van der Waals surface area contributed by atoms with E-state index >= 15 is 0 Å². The number of hydrogen-bond donors (Lipinski definition) is 0. The summed E-state index contributed by atoms with van der Waals surface area (Å²) in [5.41, 5.74) is 4.06. The van der Waals surface area contributed by atoms with Crippen LogP contribution in [0, 0.1) is 0 Å². The lowest BCUT2D eigenvalue weighted by Gasteiger charge is -2.45. The van der Waals surface area contributed by atoms with Crippen molar-refractivity contribution in [3.8, 4) is 5.75 Å². The molecule has 1 saturated heterocycles. The van der Waals surface area contributed by atoms with Crippen LogP contribution in [0.5, 0.6) is 5.75 Å². The summed E-state index contributed by atoms with van der Waals surface area (Å²) in [6.45, 7) is 4.84. The predicted octanol–water partition coefficient (Wildman–Crippen LogP) is 8.93. The molecule has 0 aliphatic carbocycles. The molecule has 0 N–H and O–H groups in total. The highest BCUT2D eigenvalue weighted by Crippen LogP contribution is 2.36. The van der Waals surface area contributed by atoms with Gasteiger partial charge in [-0.2, -0.15) is 0 Å². The maximum Gasteiger partial charge on any atom is 0.338 e. The minimum absolute atomic E-state index is 0.0843. The van der Waals surface area contributed by atoms with Crippen molar-refractivity contribution in [2.24, 2.45) is 0 Å². The number of benzene rings is 6. The van der Waals surface area contributed by atoms with E-state index in [0.29, 0.717) is 17.5 Å². The molecule has 1 aliphatic heterocycles. The zero-order valence-electron chi connectivity index (χ0n) is 36.1. The SMILES string of the molecule is CCc1ccc(Cc2ccc(COC(C)=O)cc2O[C@@H]2O[C@H]([C@H](C)OC(=O)c3ccccc3)[C@@H](OC(=O)c3ccccc3)[C@H](OC(=O)c3ccccc3)[C@H]2OC(=O)c2ccccc2)cc1. The van der Waals surface area contributed by atoms with Gasteiger partial charge in [-0.05, 0) is 90.2 Å². The van der Waals surface area contributed by atoms with Crippen LogP contribution in [0.4, 0.5) is 0 Å². The van der Waals surface area contributed by atoms with E-state index < -0.39 is 66.7 Å². The Bertz CT molecular complexity index is 2550. The van der Waals surface area contributed by atoms with Crippen molar-refractivity contribution in [3.63, 3.8) is 0 Å². The van der Waals surface area contributed by atoms with E-state index in [0.717, 1.165) is 17.5 Å². The van der Waals surface area contributed by atoms with Crippen LogP contribution in [0.3, 0.4) is 0 Å². The van der Waals surface area contributed by atoms with Gasteiger partial charge >= 0.3 is 29.8 Å². The van der Waals surface area contributed by atoms with E-state index in [2.05, 4.69) is 6.92 Å². The standard InChI is InChI=1S/C53H48O12/c1-4-36-25-27-37(28-26-36)31-43-30-29-38(33-59-35(3)54)32-44(43)61-53-48(64-52(58)42-23-15-8-16-24-42)47(63-51(57)41-21-13-7-14-22-41)46(62-50(56)40-19-11-6-12-20-40)45(65-53)34(2)60-49(55)39-17-9-5-10-18-39/h5-30,32,34,45-48,53H,4,31,33H2,1-3H3/t34-,45+,46+,47-,48+,53+/m0/s1. The van der Waals surface area contributed by atoms with Crippen LogP contribution in [-0.4, -0.2) is 66.7 Å². The maximum atomic E-state index is 14.2. The Kier molecular flexibility index (Phi) is 15.2. The van der Waals surface area contributed by atoms with Gasteiger partial charge in [0.2, 0.25) is 12.4 Å². The highest BCUT2D eigenvalue weighted by atomic mass is 16.7. The van der Waals surface area contributed by atoms with Crippen molar-refractivity contribution in [1.29, 1.82) is 0 Å². The molecule has 12 nitrogen and oxygen atoms in total. The lowest BCUT2D eigenvalue weighted by molar-refractivity contribution is -0.284. The Labute approximate surface area is 377 Å². The zero-order valence-corrected chi connectivity index (χ0v) is 36.1.